The van der Waals surface area contributed by atoms with E-state index in [2.05, 4.69) is 16.6 Å². The number of hydrogen-bond donors (Lipinski definition) is 2. The summed E-state index contributed by atoms with van der Waals surface area (Å²) in [6, 6.07) is 15.9. The van der Waals surface area contributed by atoms with Crippen molar-refractivity contribution in [1.82, 2.24) is 24.8 Å². The van der Waals surface area contributed by atoms with E-state index in [0.717, 1.165) is 24.8 Å². The van der Waals surface area contributed by atoms with Crippen molar-refractivity contribution < 1.29 is 37.1 Å². The number of para-hydroxylation sites is 1. The Morgan fingerprint density at radius 1 is 1.02 bits per heavy atom. The summed E-state index contributed by atoms with van der Waals surface area (Å²) in [6.07, 6.45) is 4.89. The van der Waals surface area contributed by atoms with Gasteiger partial charge in [0.05, 0.1) is 30.5 Å². The van der Waals surface area contributed by atoms with Gasteiger partial charge in [-0.1, -0.05) is 63.2 Å². The van der Waals surface area contributed by atoms with Gasteiger partial charge in [-0.3, -0.25) is 23.9 Å². The normalized spacial score (nSPS) is 24.0. The van der Waals surface area contributed by atoms with Gasteiger partial charge in [0.2, 0.25) is 27.7 Å². The Labute approximate surface area is 334 Å². The van der Waals surface area contributed by atoms with Gasteiger partial charge < -0.3 is 24.6 Å². The van der Waals surface area contributed by atoms with Gasteiger partial charge >= 0.3 is 0 Å². The first-order valence-electron chi connectivity index (χ1n) is 19.9. The molecule has 3 heterocycles. The second-order valence-corrected chi connectivity index (χ2v) is 18.9. The fourth-order valence-electron chi connectivity index (χ4n) is 8.19. The number of methoxy groups -OCH3 is 1. The predicted molar refractivity (Wildman–Crippen MR) is 216 cm³/mol. The van der Waals surface area contributed by atoms with Crippen LogP contribution in [0.15, 0.2) is 67.3 Å². The van der Waals surface area contributed by atoms with Crippen LogP contribution >= 0.6 is 0 Å². The van der Waals surface area contributed by atoms with Crippen molar-refractivity contribution >= 4 is 44.6 Å². The molecule has 1 aromatic heterocycles. The van der Waals surface area contributed by atoms with Crippen molar-refractivity contribution in [2.24, 2.45) is 17.3 Å². The molecule has 4 fully saturated rings. The fourth-order valence-corrected chi connectivity index (χ4v) is 9.56. The molecule has 2 aromatic carbocycles. The zero-order chi connectivity index (χ0) is 40.7. The number of rotatable bonds is 13. The van der Waals surface area contributed by atoms with Gasteiger partial charge in [-0.15, -0.1) is 6.58 Å². The maximum Gasteiger partial charge on any atom is 0.259 e. The lowest BCUT2D eigenvalue weighted by Gasteiger charge is -2.36. The Morgan fingerprint density at radius 3 is 2.37 bits per heavy atom. The van der Waals surface area contributed by atoms with Crippen LogP contribution in [-0.2, 0) is 29.2 Å². The Morgan fingerprint density at radius 2 is 1.74 bits per heavy atom. The third-order valence-electron chi connectivity index (χ3n) is 11.9. The summed E-state index contributed by atoms with van der Waals surface area (Å²) in [5, 5.41) is 2.91. The number of nitrogens with one attached hydrogen (secondary N) is 2. The highest BCUT2D eigenvalue weighted by molar-refractivity contribution is 7.91. The maximum atomic E-state index is 14.9. The van der Waals surface area contributed by atoms with E-state index in [1.165, 1.54) is 11.0 Å². The summed E-state index contributed by atoms with van der Waals surface area (Å²) in [7, 11) is -2.33. The van der Waals surface area contributed by atoms with E-state index in [-0.39, 0.29) is 37.6 Å². The van der Waals surface area contributed by atoms with Crippen molar-refractivity contribution in [3.05, 3.63) is 67.3 Å². The molecule has 13 nitrogen and oxygen atoms in total. The van der Waals surface area contributed by atoms with E-state index in [4.69, 9.17) is 14.5 Å². The van der Waals surface area contributed by atoms with Crippen molar-refractivity contribution in [1.29, 1.82) is 0 Å². The highest BCUT2D eigenvalue weighted by Gasteiger charge is 2.62. The predicted octanol–water partition coefficient (Wildman–Crippen LogP) is 4.99. The Balaban J connectivity index is 1.22. The number of carbonyl (C=O) groups is 4. The van der Waals surface area contributed by atoms with Crippen molar-refractivity contribution in [3.63, 3.8) is 0 Å². The maximum absolute atomic E-state index is 14.9. The lowest BCUT2D eigenvalue weighted by Crippen LogP contribution is -2.57. The van der Waals surface area contributed by atoms with E-state index in [1.807, 2.05) is 80.3 Å². The zero-order valence-electron chi connectivity index (χ0n) is 33.2. The molecule has 0 bridgehead atoms. The molecule has 7 rings (SSSR count). The van der Waals surface area contributed by atoms with E-state index >= 15 is 0 Å². The number of aromatic nitrogens is 1. The molecule has 3 aromatic rings. The summed E-state index contributed by atoms with van der Waals surface area (Å²) in [4.78, 5) is 64.9. The number of hydrogen-bond acceptors (Lipinski definition) is 9. The van der Waals surface area contributed by atoms with Crippen LogP contribution < -0.4 is 19.5 Å². The van der Waals surface area contributed by atoms with Gasteiger partial charge in [0.25, 0.3) is 5.91 Å². The van der Waals surface area contributed by atoms with Gasteiger partial charge in [-0.05, 0) is 56.1 Å². The molecule has 0 radical (unpaired) electrons. The van der Waals surface area contributed by atoms with Crippen LogP contribution in [0.4, 0.5) is 0 Å². The summed E-state index contributed by atoms with van der Waals surface area (Å²) in [5.41, 5.74) is -0.0994. The Hall–Kier alpha value is -4.98. The Bertz CT molecular complexity index is 2160. The molecule has 2 aliphatic heterocycles. The number of fused-ring (bicyclic) bond motifs is 1. The molecular formula is C43H53N5O8S. The second kappa shape index (κ2) is 15.8. The number of amides is 4. The molecule has 304 valence electrons. The van der Waals surface area contributed by atoms with Gasteiger partial charge in [0, 0.05) is 48.9 Å². The average molecular weight is 800 g/mol. The minimum atomic E-state index is -3.90. The van der Waals surface area contributed by atoms with Crippen LogP contribution in [-0.4, -0.2) is 96.5 Å². The smallest absolute Gasteiger partial charge is 0.259 e. The van der Waals surface area contributed by atoms with Crippen LogP contribution in [0.25, 0.3) is 22.2 Å². The minimum Gasteiger partial charge on any atom is -0.494 e. The molecule has 4 amide bonds. The van der Waals surface area contributed by atoms with Crippen LogP contribution in [0.3, 0.4) is 0 Å². The summed E-state index contributed by atoms with van der Waals surface area (Å²) >= 11 is 0. The fraction of sp³-hybridized carbons (Fsp3) is 0.512. The molecule has 2 saturated heterocycles. The van der Waals surface area contributed by atoms with Gasteiger partial charge in [0.15, 0.2) is 0 Å². The largest absolute Gasteiger partial charge is 0.494 e. The number of sulfonamides is 1. The topological polar surface area (TPSA) is 164 Å². The molecular weight excluding hydrogens is 747 g/mol. The summed E-state index contributed by atoms with van der Waals surface area (Å²) in [5.74, 6) is -2.13. The van der Waals surface area contributed by atoms with Crippen LogP contribution in [0, 0.1) is 17.3 Å². The number of likely N-dealkylation sites (tertiary alicyclic amines) is 2. The summed E-state index contributed by atoms with van der Waals surface area (Å²) < 4.78 is 40.3. The van der Waals surface area contributed by atoms with Crippen molar-refractivity contribution in [2.45, 2.75) is 95.1 Å². The highest BCUT2D eigenvalue weighted by Crippen LogP contribution is 2.46. The van der Waals surface area contributed by atoms with E-state index in [1.54, 1.807) is 7.11 Å². The molecule has 14 heteroatoms. The van der Waals surface area contributed by atoms with Crippen LogP contribution in [0.5, 0.6) is 11.5 Å². The monoisotopic (exact) mass is 799 g/mol. The van der Waals surface area contributed by atoms with Crippen molar-refractivity contribution in [2.75, 3.05) is 26.7 Å². The standard InChI is InChI=1S/C43H53N5O8S/c1-6-28-25-43(28,41(52)46-57(53,54)30-18-19-30)45-39(50)34-22-29(26-48(34)40(51)32(42(2,3)4)23-37(49)47-20-11-8-12-21-47)56-36-24-33(27-14-9-7-10-15-27)44-38-31(36)16-13-17-35(38)55-5/h6-7,9-10,13-17,24,28-30,32,34H,1,8,11-12,18-23,25-26H2,2-5H3,(H,45,50)(H,46,52)/t28-,29-,32-,34+,43?/m1/s1. The van der Waals surface area contributed by atoms with Gasteiger partial charge in [-0.25, -0.2) is 13.4 Å². The first-order valence-corrected chi connectivity index (χ1v) is 21.5. The number of ether oxygens (including phenoxy) is 2. The first kappa shape index (κ1) is 40.2. The first-order chi connectivity index (χ1) is 27.1. The molecule has 2 N–H and O–H groups in total. The third-order valence-corrected chi connectivity index (χ3v) is 13.7. The highest BCUT2D eigenvalue weighted by atomic mass is 32.2. The molecule has 4 aliphatic rings. The van der Waals surface area contributed by atoms with E-state index < -0.39 is 62.0 Å². The third kappa shape index (κ3) is 8.37. The molecule has 57 heavy (non-hydrogen) atoms. The molecule has 2 aliphatic carbocycles. The SMILES string of the molecule is C=C[C@@H]1CC1(NC(=O)[C@@H]1C[C@@H](Oc2cc(-c3ccccc3)nc3c(OC)cccc23)CN1C(=O)[C@@H](CC(=O)N1CCCCC1)C(C)(C)C)C(=O)NS(=O)(=O)C1CC1. The second-order valence-electron chi connectivity index (χ2n) is 17.0. The molecule has 2 saturated carbocycles. The van der Waals surface area contributed by atoms with Crippen LogP contribution in [0.1, 0.15) is 72.1 Å². The Kier molecular flexibility index (Phi) is 11.1. The quantitative estimate of drug-likeness (QED) is 0.227. The van der Waals surface area contributed by atoms with E-state index in [0.29, 0.717) is 54.0 Å². The number of piperidine rings is 1. The number of benzene rings is 2. The lowest BCUT2D eigenvalue weighted by molar-refractivity contribution is -0.148. The van der Waals surface area contributed by atoms with Crippen molar-refractivity contribution in [3.8, 4) is 22.8 Å². The number of carbonyl (C=O) groups excluding carboxylic acids is 4. The minimum absolute atomic E-state index is 0.0160. The van der Waals surface area contributed by atoms with Gasteiger partial charge in [-0.2, -0.15) is 0 Å². The summed E-state index contributed by atoms with van der Waals surface area (Å²) in [6.45, 7) is 10.9. The lowest BCUT2D eigenvalue weighted by atomic mass is 9.77. The van der Waals surface area contributed by atoms with E-state index in [9.17, 15) is 27.6 Å². The zero-order valence-corrected chi connectivity index (χ0v) is 34.0. The average Bonchev–Trinajstić information content (AvgIpc) is 4.13. The number of pyridine rings is 1. The number of nitrogens with zero attached hydrogens (tertiary/aromatic N) is 3. The van der Waals surface area contributed by atoms with Crippen LogP contribution in [0.2, 0.25) is 0 Å². The molecule has 5 atom stereocenters. The van der Waals surface area contributed by atoms with Gasteiger partial charge in [0.1, 0.15) is 34.7 Å². The molecule has 1 unspecified atom stereocenters. The molecule has 0 spiro atoms.